The van der Waals surface area contributed by atoms with Gasteiger partial charge in [-0.3, -0.25) is 0 Å². The zero-order valence-electron chi connectivity index (χ0n) is 74.8. The average Bonchev–Trinajstić information content (AvgIpc) is 0.864. The number of aryl methyl sites for hydroxylation is 2. The Morgan fingerprint density at radius 2 is 0.288 bits per heavy atom. The van der Waals surface area contributed by atoms with Gasteiger partial charge < -0.3 is 9.11 Å². The molecule has 0 aliphatic rings. The van der Waals surface area contributed by atoms with Crippen molar-refractivity contribution in [3.63, 3.8) is 0 Å². The average molecular weight is 1710 g/mol. The van der Waals surface area contributed by atoms with Gasteiger partial charge >= 0.3 is 48.9 Å². The molecule has 0 saturated carbocycles. The molecule has 0 N–H and O–H groups in total. The standard InChI is InChI=1S/2C51H96O3S.Ba/c2*1-2-3-4-5-6-7-8-9-10-11-12-13-14-15-16-17-18-19-20-21-22-23-24-25-26-27-28-29-30-31-32-33-34-35-36-37-38-39-40-41-42-43-44-46-50-47-45-48-51(49-50)55(52,53)54;/h2*45,47-49H,2-44,46H2,1H3,(H,52,53,54);/q;;+2/p-2. The van der Waals surface area contributed by atoms with Crippen LogP contribution in [0.2, 0.25) is 0 Å². The van der Waals surface area contributed by atoms with Crippen LogP contribution in [0.3, 0.4) is 0 Å². The molecule has 0 aliphatic heterocycles. The molecule has 2 aromatic carbocycles. The summed E-state index contributed by atoms with van der Waals surface area (Å²) in [6.45, 7) is 4.61. The van der Waals surface area contributed by atoms with Crippen molar-refractivity contribution in [1.29, 1.82) is 0 Å². The maximum atomic E-state index is 11.2. The molecule has 0 heterocycles. The summed E-state index contributed by atoms with van der Waals surface area (Å²) < 4.78 is 67.1. The van der Waals surface area contributed by atoms with Crippen LogP contribution in [0, 0.1) is 0 Å². The maximum Gasteiger partial charge on any atom is 2.00 e. The summed E-state index contributed by atoms with van der Waals surface area (Å²) in [5.74, 6) is 0. The summed E-state index contributed by atoms with van der Waals surface area (Å²) in [4.78, 5) is -0.209. The van der Waals surface area contributed by atoms with Gasteiger partial charge in [-0.1, -0.05) is 577 Å². The van der Waals surface area contributed by atoms with Crippen molar-refractivity contribution in [3.8, 4) is 0 Å². The molecule has 0 saturated heterocycles. The van der Waals surface area contributed by atoms with E-state index in [4.69, 9.17) is 0 Å². The molecule has 0 radical (unpaired) electrons. The number of hydrogen-bond donors (Lipinski definition) is 0. The minimum atomic E-state index is -4.35. The van der Waals surface area contributed by atoms with Gasteiger partial charge in [0.15, 0.2) is 0 Å². The first-order chi connectivity index (χ1) is 54.1. The van der Waals surface area contributed by atoms with E-state index >= 15 is 0 Å². The third-order valence-electron chi connectivity index (χ3n) is 24.5. The molecule has 2 rings (SSSR count). The predicted molar refractivity (Wildman–Crippen MR) is 490 cm³/mol. The van der Waals surface area contributed by atoms with Crippen LogP contribution in [-0.4, -0.2) is 74.8 Å². The van der Waals surface area contributed by atoms with Gasteiger partial charge in [-0.2, -0.15) is 0 Å². The third kappa shape index (κ3) is 86.0. The minimum Gasteiger partial charge on any atom is -0.744 e. The zero-order chi connectivity index (χ0) is 79.2. The summed E-state index contributed by atoms with van der Waals surface area (Å²) in [5.41, 5.74) is 1.91. The van der Waals surface area contributed by atoms with E-state index in [2.05, 4.69) is 13.8 Å². The number of benzene rings is 2. The molecular formula is C102H190BaO6S2. The molecule has 0 aromatic heterocycles. The van der Waals surface area contributed by atoms with Crippen molar-refractivity contribution in [1.82, 2.24) is 0 Å². The Bertz CT molecular complexity index is 2180. The van der Waals surface area contributed by atoms with Gasteiger partial charge in [-0.25, -0.2) is 16.8 Å². The van der Waals surface area contributed by atoms with Crippen LogP contribution in [0.5, 0.6) is 0 Å². The summed E-state index contributed by atoms with van der Waals surface area (Å²) >= 11 is 0. The summed E-state index contributed by atoms with van der Waals surface area (Å²) in [5, 5.41) is 0. The number of rotatable bonds is 90. The van der Waals surface area contributed by atoms with Gasteiger partial charge in [-0.15, -0.1) is 0 Å². The zero-order valence-corrected chi connectivity index (χ0v) is 80.9. The molecule has 111 heavy (non-hydrogen) atoms. The molecule has 0 bridgehead atoms. The van der Waals surface area contributed by atoms with Gasteiger partial charge in [0.05, 0.1) is 9.79 Å². The Balaban J connectivity index is 0.00000216. The summed E-state index contributed by atoms with van der Waals surface area (Å²) in [6, 6.07) is 13.0. The van der Waals surface area contributed by atoms with Crippen molar-refractivity contribution in [2.24, 2.45) is 0 Å². The number of hydrogen-bond acceptors (Lipinski definition) is 6. The smallest absolute Gasteiger partial charge is 0.744 e. The van der Waals surface area contributed by atoms with E-state index in [1.54, 1.807) is 12.1 Å². The van der Waals surface area contributed by atoms with E-state index in [-0.39, 0.29) is 58.7 Å². The second-order valence-electron chi connectivity index (χ2n) is 35.4. The first-order valence-corrected chi connectivity index (χ1v) is 53.0. The second-order valence-corrected chi connectivity index (χ2v) is 38.2. The third-order valence-corrected chi connectivity index (χ3v) is 26.2. The van der Waals surface area contributed by atoms with Crippen molar-refractivity contribution in [2.75, 3.05) is 0 Å². The van der Waals surface area contributed by atoms with Gasteiger partial charge in [-0.05, 0) is 61.1 Å². The van der Waals surface area contributed by atoms with E-state index in [0.29, 0.717) is 0 Å². The van der Waals surface area contributed by atoms with Crippen LogP contribution in [0.25, 0.3) is 0 Å². The number of unbranched alkanes of at least 4 members (excludes halogenated alkanes) is 84. The van der Waals surface area contributed by atoms with Gasteiger partial charge in [0.1, 0.15) is 20.2 Å². The normalized spacial score (nSPS) is 11.8. The Kier molecular flexibility index (Phi) is 90.5. The minimum absolute atomic E-state index is 0. The van der Waals surface area contributed by atoms with Crippen molar-refractivity contribution in [2.45, 2.75) is 589 Å². The van der Waals surface area contributed by atoms with Crippen LogP contribution in [0.15, 0.2) is 58.3 Å². The second kappa shape index (κ2) is 90.6. The van der Waals surface area contributed by atoms with Crippen molar-refractivity contribution in [3.05, 3.63) is 59.7 Å². The Morgan fingerprint density at radius 1 is 0.180 bits per heavy atom. The summed E-state index contributed by atoms with van der Waals surface area (Å²) in [6.07, 6.45) is 125. The fraction of sp³-hybridized carbons (Fsp3) is 0.882. The van der Waals surface area contributed by atoms with E-state index in [1.807, 2.05) is 12.1 Å². The topological polar surface area (TPSA) is 114 Å². The molecule has 0 atom stereocenters. The molecule has 0 amide bonds. The predicted octanol–water partition coefficient (Wildman–Crippen LogP) is 35.5. The SMILES string of the molecule is CCCCCCCCCCCCCCCCCCCCCCCCCCCCCCCCCCCCCCCCCCCCCc1cccc(S(=O)(=O)[O-])c1.CCCCCCCCCCCCCCCCCCCCCCCCCCCCCCCCCCCCCCCCCCCCCc1cccc(S(=O)(=O)[O-])c1.[Ba+2]. The van der Waals surface area contributed by atoms with Crippen LogP contribution >= 0.6 is 0 Å². The van der Waals surface area contributed by atoms with Gasteiger partial charge in [0.2, 0.25) is 0 Å². The Hall–Kier alpha value is -0.169. The molecule has 6 nitrogen and oxygen atoms in total. The van der Waals surface area contributed by atoms with E-state index in [0.717, 1.165) is 36.8 Å². The van der Waals surface area contributed by atoms with Crippen molar-refractivity contribution < 1.29 is 25.9 Å². The first-order valence-electron chi connectivity index (χ1n) is 50.2. The monoisotopic (exact) mass is 1710 g/mol. The molecule has 0 spiro atoms. The fourth-order valence-corrected chi connectivity index (χ4v) is 18.1. The van der Waals surface area contributed by atoms with Crippen LogP contribution in [0.1, 0.15) is 577 Å². The fourth-order valence-electron chi connectivity index (χ4n) is 17.0. The van der Waals surface area contributed by atoms with Gasteiger partial charge in [0.25, 0.3) is 0 Å². The maximum absolute atomic E-state index is 11.2. The quantitative estimate of drug-likeness (QED) is 0.0370. The largest absolute Gasteiger partial charge is 2.00 e. The molecule has 0 unspecified atom stereocenters. The Labute approximate surface area is 736 Å². The van der Waals surface area contributed by atoms with Crippen LogP contribution in [0.4, 0.5) is 0 Å². The molecule has 9 heteroatoms. The molecule has 0 fully saturated rings. The van der Waals surface area contributed by atoms with Crippen LogP contribution in [-0.2, 0) is 33.1 Å². The first kappa shape index (κ1) is 111. The van der Waals surface area contributed by atoms with E-state index in [9.17, 15) is 25.9 Å². The van der Waals surface area contributed by atoms with Crippen molar-refractivity contribution >= 4 is 69.1 Å². The molecular weight excluding hydrogens is 1520 g/mol. The van der Waals surface area contributed by atoms with Crippen LogP contribution < -0.4 is 0 Å². The van der Waals surface area contributed by atoms with E-state index < -0.39 is 20.2 Å². The summed E-state index contributed by atoms with van der Waals surface area (Å²) in [7, 11) is -8.70. The molecule has 0 aliphatic carbocycles. The van der Waals surface area contributed by atoms with E-state index in [1.165, 1.54) is 564 Å². The van der Waals surface area contributed by atoms with Gasteiger partial charge in [0, 0.05) is 0 Å². The molecule has 648 valence electrons. The molecule has 2 aromatic rings. The Morgan fingerprint density at radius 3 is 0.396 bits per heavy atom.